The fraction of sp³-hybridized carbons (Fsp3) is 0.588. The molecule has 0 saturated carbocycles. The number of aryl methyl sites for hydroxylation is 2. The maximum Gasteiger partial charge on any atom is 0.179 e. The number of hydrogen-bond acceptors (Lipinski definition) is 3. The van der Waals surface area contributed by atoms with Gasteiger partial charge in [-0.25, -0.2) is 0 Å². The number of ketones is 1. The van der Waals surface area contributed by atoms with Crippen LogP contribution in [0.4, 0.5) is 0 Å². The second-order valence-electron chi connectivity index (χ2n) is 6.42. The summed E-state index contributed by atoms with van der Waals surface area (Å²) >= 11 is 0. The van der Waals surface area contributed by atoms with Crippen LogP contribution in [0.15, 0.2) is 18.2 Å². The molecule has 1 aliphatic rings. The molecule has 1 unspecified atom stereocenters. The maximum atomic E-state index is 12.8. The van der Waals surface area contributed by atoms with Gasteiger partial charge in [-0.05, 0) is 46.2 Å². The Labute approximate surface area is 121 Å². The second-order valence-corrected chi connectivity index (χ2v) is 6.42. The third-order valence-electron chi connectivity index (χ3n) is 4.21. The average molecular weight is 275 g/mol. The van der Waals surface area contributed by atoms with Gasteiger partial charge < -0.3 is 4.74 Å². The van der Waals surface area contributed by atoms with Crippen LogP contribution in [-0.2, 0) is 4.74 Å². The smallest absolute Gasteiger partial charge is 0.179 e. The number of nitrogens with zero attached hydrogens (tertiary/aromatic N) is 1. The van der Waals surface area contributed by atoms with Gasteiger partial charge >= 0.3 is 0 Å². The van der Waals surface area contributed by atoms with E-state index in [4.69, 9.17) is 4.74 Å². The van der Waals surface area contributed by atoms with Gasteiger partial charge in [-0.1, -0.05) is 17.7 Å². The second kappa shape index (κ2) is 5.66. The van der Waals surface area contributed by atoms with Gasteiger partial charge in [0.05, 0.1) is 19.3 Å². The van der Waals surface area contributed by atoms with E-state index in [0.29, 0.717) is 13.2 Å². The molecule has 0 aromatic heterocycles. The van der Waals surface area contributed by atoms with Gasteiger partial charge in [-0.3, -0.25) is 9.69 Å². The molecule has 2 rings (SSSR count). The fourth-order valence-corrected chi connectivity index (χ4v) is 2.96. The molecule has 3 nitrogen and oxygen atoms in total. The van der Waals surface area contributed by atoms with E-state index in [0.717, 1.165) is 23.2 Å². The minimum absolute atomic E-state index is 0.0922. The molecule has 1 aromatic carbocycles. The van der Waals surface area contributed by atoms with Gasteiger partial charge in [0, 0.05) is 17.6 Å². The van der Waals surface area contributed by atoms with Crippen LogP contribution < -0.4 is 0 Å². The van der Waals surface area contributed by atoms with Gasteiger partial charge in [0.15, 0.2) is 5.78 Å². The number of rotatable bonds is 3. The average Bonchev–Trinajstić information content (AvgIpc) is 2.39. The molecule has 0 bridgehead atoms. The lowest BCUT2D eigenvalue weighted by Crippen LogP contribution is -2.58. The fourth-order valence-electron chi connectivity index (χ4n) is 2.96. The Hall–Kier alpha value is -1.19. The summed E-state index contributed by atoms with van der Waals surface area (Å²) in [5, 5.41) is 0. The summed E-state index contributed by atoms with van der Waals surface area (Å²) < 4.78 is 5.54. The Kier molecular flexibility index (Phi) is 4.31. The number of carbonyl (C=O) groups is 1. The predicted molar refractivity (Wildman–Crippen MR) is 81.3 cm³/mol. The SMILES string of the molecule is Cc1ccc(C)c(C(=O)C(C)N2CCOCC2(C)C)c1. The molecular weight excluding hydrogens is 250 g/mol. The summed E-state index contributed by atoms with van der Waals surface area (Å²) in [6.07, 6.45) is 0. The number of hydrogen-bond donors (Lipinski definition) is 0. The standard InChI is InChI=1S/C17H25NO2/c1-12-6-7-13(2)15(10-12)16(19)14(3)18-8-9-20-11-17(18,4)5/h6-7,10,14H,8-9,11H2,1-5H3. The van der Waals surface area contributed by atoms with Crippen molar-refractivity contribution in [2.24, 2.45) is 0 Å². The van der Waals surface area contributed by atoms with Crippen molar-refractivity contribution in [3.8, 4) is 0 Å². The molecular formula is C17H25NO2. The molecule has 20 heavy (non-hydrogen) atoms. The summed E-state index contributed by atoms with van der Waals surface area (Å²) in [7, 11) is 0. The van der Waals surface area contributed by atoms with Gasteiger partial charge in [-0.15, -0.1) is 0 Å². The Balaban J connectivity index is 2.26. The largest absolute Gasteiger partial charge is 0.378 e. The lowest BCUT2D eigenvalue weighted by atomic mass is 9.93. The highest BCUT2D eigenvalue weighted by molar-refractivity contribution is 6.01. The van der Waals surface area contributed by atoms with Crippen LogP contribution in [0.3, 0.4) is 0 Å². The third-order valence-corrected chi connectivity index (χ3v) is 4.21. The first-order valence-corrected chi connectivity index (χ1v) is 7.29. The quantitative estimate of drug-likeness (QED) is 0.794. The monoisotopic (exact) mass is 275 g/mol. The van der Waals surface area contributed by atoms with E-state index < -0.39 is 0 Å². The maximum absolute atomic E-state index is 12.8. The highest BCUT2D eigenvalue weighted by Gasteiger charge is 2.36. The minimum Gasteiger partial charge on any atom is -0.378 e. The summed E-state index contributed by atoms with van der Waals surface area (Å²) in [6.45, 7) is 12.5. The zero-order chi connectivity index (χ0) is 14.9. The lowest BCUT2D eigenvalue weighted by Gasteiger charge is -2.45. The van der Waals surface area contributed by atoms with Crippen molar-refractivity contribution < 1.29 is 9.53 Å². The van der Waals surface area contributed by atoms with Crippen molar-refractivity contribution >= 4 is 5.78 Å². The molecule has 0 amide bonds. The Bertz CT molecular complexity index is 508. The molecule has 0 aliphatic carbocycles. The topological polar surface area (TPSA) is 29.5 Å². The number of carbonyl (C=O) groups excluding carboxylic acids is 1. The molecule has 0 spiro atoms. The molecule has 1 fully saturated rings. The first-order valence-electron chi connectivity index (χ1n) is 7.29. The van der Waals surface area contributed by atoms with E-state index >= 15 is 0 Å². The van der Waals surface area contributed by atoms with E-state index in [-0.39, 0.29) is 17.4 Å². The van der Waals surface area contributed by atoms with Gasteiger partial charge in [0.1, 0.15) is 0 Å². The number of morpholine rings is 1. The van der Waals surface area contributed by atoms with Crippen molar-refractivity contribution in [2.75, 3.05) is 19.8 Å². The van der Waals surface area contributed by atoms with Crippen molar-refractivity contribution in [2.45, 2.75) is 46.2 Å². The lowest BCUT2D eigenvalue weighted by molar-refractivity contribution is -0.0626. The molecule has 0 radical (unpaired) electrons. The van der Waals surface area contributed by atoms with Crippen molar-refractivity contribution in [3.63, 3.8) is 0 Å². The van der Waals surface area contributed by atoms with Crippen molar-refractivity contribution in [3.05, 3.63) is 34.9 Å². The molecule has 1 heterocycles. The number of ether oxygens (including phenoxy) is 1. The van der Waals surface area contributed by atoms with E-state index in [1.807, 2.05) is 32.9 Å². The Morgan fingerprint density at radius 2 is 2.05 bits per heavy atom. The van der Waals surface area contributed by atoms with E-state index in [1.54, 1.807) is 0 Å². The van der Waals surface area contributed by atoms with Crippen LogP contribution in [0.25, 0.3) is 0 Å². The molecule has 1 saturated heterocycles. The van der Waals surface area contributed by atoms with E-state index in [9.17, 15) is 4.79 Å². The van der Waals surface area contributed by atoms with Crippen LogP contribution in [0.2, 0.25) is 0 Å². The molecule has 1 atom stereocenters. The molecule has 110 valence electrons. The summed E-state index contributed by atoms with van der Waals surface area (Å²) in [5.41, 5.74) is 2.94. The molecule has 1 aromatic rings. The minimum atomic E-state index is -0.116. The first-order chi connectivity index (χ1) is 9.33. The number of benzene rings is 1. The molecule has 3 heteroatoms. The summed E-state index contributed by atoms with van der Waals surface area (Å²) in [4.78, 5) is 15.1. The van der Waals surface area contributed by atoms with Gasteiger partial charge in [0.25, 0.3) is 0 Å². The highest BCUT2D eigenvalue weighted by atomic mass is 16.5. The molecule has 1 aliphatic heterocycles. The van der Waals surface area contributed by atoms with Crippen molar-refractivity contribution in [1.82, 2.24) is 4.90 Å². The van der Waals surface area contributed by atoms with Crippen LogP contribution >= 0.6 is 0 Å². The summed E-state index contributed by atoms with van der Waals surface area (Å²) in [5.74, 6) is 0.209. The Morgan fingerprint density at radius 1 is 1.35 bits per heavy atom. The highest BCUT2D eigenvalue weighted by Crippen LogP contribution is 2.24. The first kappa shape index (κ1) is 15.2. The van der Waals surface area contributed by atoms with Crippen LogP contribution in [0, 0.1) is 13.8 Å². The van der Waals surface area contributed by atoms with E-state index in [2.05, 4.69) is 24.8 Å². The van der Waals surface area contributed by atoms with Gasteiger partial charge in [-0.2, -0.15) is 0 Å². The van der Waals surface area contributed by atoms with Crippen LogP contribution in [-0.4, -0.2) is 42.0 Å². The molecule has 0 N–H and O–H groups in total. The van der Waals surface area contributed by atoms with E-state index in [1.165, 1.54) is 0 Å². The van der Waals surface area contributed by atoms with Crippen LogP contribution in [0.5, 0.6) is 0 Å². The Morgan fingerprint density at radius 3 is 2.70 bits per heavy atom. The van der Waals surface area contributed by atoms with Gasteiger partial charge in [0.2, 0.25) is 0 Å². The normalized spacial score (nSPS) is 20.6. The summed E-state index contributed by atoms with van der Waals surface area (Å²) in [6, 6.07) is 5.96. The van der Waals surface area contributed by atoms with Crippen LogP contribution in [0.1, 0.15) is 42.3 Å². The third kappa shape index (κ3) is 2.94. The number of Topliss-reactive ketones (excluding diaryl/α,β-unsaturated/α-hetero) is 1. The predicted octanol–water partition coefficient (Wildman–Crippen LogP) is 2.99. The van der Waals surface area contributed by atoms with Crippen molar-refractivity contribution in [1.29, 1.82) is 0 Å². The zero-order valence-corrected chi connectivity index (χ0v) is 13.2. The zero-order valence-electron chi connectivity index (χ0n) is 13.2.